The normalized spacial score (nSPS) is 19.2. The molecule has 2 aromatic rings. The molecule has 2 aliphatic rings. The predicted octanol–water partition coefficient (Wildman–Crippen LogP) is 3.69. The Morgan fingerprint density at radius 1 is 1.15 bits per heavy atom. The number of morpholine rings is 1. The van der Waals surface area contributed by atoms with Crippen LogP contribution in [0.4, 0.5) is 11.5 Å². The summed E-state index contributed by atoms with van der Waals surface area (Å²) in [5, 5.41) is 0. The second kappa shape index (κ2) is 7.45. The van der Waals surface area contributed by atoms with Crippen molar-refractivity contribution in [1.82, 2.24) is 9.97 Å². The SMILES string of the molecule is CCSC1(c2cc(N3CCOCC3)nc(-c3ccc(N)cc3)n2)CCC1. The molecule has 0 atom stereocenters. The molecule has 138 valence electrons. The molecule has 1 aromatic carbocycles. The molecular weight excluding hydrogens is 344 g/mol. The molecule has 6 heteroatoms. The van der Waals surface area contributed by atoms with Crippen molar-refractivity contribution in [2.75, 3.05) is 42.7 Å². The third-order valence-electron chi connectivity index (χ3n) is 5.27. The van der Waals surface area contributed by atoms with E-state index in [0.29, 0.717) is 0 Å². The summed E-state index contributed by atoms with van der Waals surface area (Å²) in [6, 6.07) is 10.1. The van der Waals surface area contributed by atoms with Gasteiger partial charge in [-0.25, -0.2) is 9.97 Å². The summed E-state index contributed by atoms with van der Waals surface area (Å²) in [6.45, 7) is 5.50. The molecule has 0 unspecified atom stereocenters. The molecule has 2 fully saturated rings. The van der Waals surface area contributed by atoms with Crippen molar-refractivity contribution in [3.63, 3.8) is 0 Å². The van der Waals surface area contributed by atoms with Crippen molar-refractivity contribution < 1.29 is 4.74 Å². The zero-order chi connectivity index (χ0) is 18.0. The topological polar surface area (TPSA) is 64.3 Å². The highest BCUT2D eigenvalue weighted by Crippen LogP contribution is 2.52. The number of anilines is 2. The average molecular weight is 371 g/mol. The van der Waals surface area contributed by atoms with Crippen LogP contribution < -0.4 is 10.6 Å². The number of benzene rings is 1. The van der Waals surface area contributed by atoms with Crippen LogP contribution in [0.5, 0.6) is 0 Å². The van der Waals surface area contributed by atoms with E-state index in [-0.39, 0.29) is 4.75 Å². The average Bonchev–Trinajstić information content (AvgIpc) is 2.65. The lowest BCUT2D eigenvalue weighted by molar-refractivity contribution is 0.122. The van der Waals surface area contributed by atoms with Crippen molar-refractivity contribution in [3.05, 3.63) is 36.0 Å². The van der Waals surface area contributed by atoms with Gasteiger partial charge in [0, 0.05) is 30.4 Å². The molecule has 0 amide bonds. The molecule has 1 aromatic heterocycles. The number of hydrogen-bond donors (Lipinski definition) is 1. The van der Waals surface area contributed by atoms with Crippen molar-refractivity contribution in [2.45, 2.75) is 30.9 Å². The van der Waals surface area contributed by atoms with Crippen LogP contribution >= 0.6 is 11.8 Å². The number of nitrogens with two attached hydrogens (primary N) is 1. The van der Waals surface area contributed by atoms with Crippen molar-refractivity contribution in [3.8, 4) is 11.4 Å². The van der Waals surface area contributed by atoms with Crippen LogP contribution in [0.3, 0.4) is 0 Å². The van der Waals surface area contributed by atoms with Gasteiger partial charge >= 0.3 is 0 Å². The minimum atomic E-state index is 0.154. The zero-order valence-corrected chi connectivity index (χ0v) is 16.1. The minimum absolute atomic E-state index is 0.154. The first-order chi connectivity index (χ1) is 12.7. The number of nitrogen functional groups attached to an aromatic ring is 1. The number of aromatic nitrogens is 2. The number of thioether (sulfide) groups is 1. The summed E-state index contributed by atoms with van der Waals surface area (Å²) < 4.78 is 5.67. The summed E-state index contributed by atoms with van der Waals surface area (Å²) in [4.78, 5) is 12.2. The fraction of sp³-hybridized carbons (Fsp3) is 0.500. The molecular formula is C20H26N4OS. The number of rotatable bonds is 5. The summed E-state index contributed by atoms with van der Waals surface area (Å²) in [6.07, 6.45) is 3.68. The van der Waals surface area contributed by atoms with Crippen LogP contribution in [-0.4, -0.2) is 42.0 Å². The molecule has 2 heterocycles. The second-order valence-corrected chi connectivity index (χ2v) is 8.58. The Balaban J connectivity index is 1.77. The number of nitrogens with zero attached hydrogens (tertiary/aromatic N) is 3. The van der Waals surface area contributed by atoms with Crippen molar-refractivity contribution >= 4 is 23.3 Å². The number of hydrogen-bond acceptors (Lipinski definition) is 6. The molecule has 4 rings (SSSR count). The Morgan fingerprint density at radius 3 is 2.50 bits per heavy atom. The predicted molar refractivity (Wildman–Crippen MR) is 109 cm³/mol. The van der Waals surface area contributed by atoms with Gasteiger partial charge in [0.1, 0.15) is 5.82 Å². The van der Waals surface area contributed by atoms with Crippen LogP contribution in [-0.2, 0) is 9.48 Å². The first-order valence-corrected chi connectivity index (χ1v) is 10.4. The molecule has 5 nitrogen and oxygen atoms in total. The van der Waals surface area contributed by atoms with Gasteiger partial charge in [-0.3, -0.25) is 0 Å². The van der Waals surface area contributed by atoms with E-state index in [9.17, 15) is 0 Å². The van der Waals surface area contributed by atoms with Crippen molar-refractivity contribution in [2.24, 2.45) is 0 Å². The van der Waals surface area contributed by atoms with Gasteiger partial charge in [-0.1, -0.05) is 6.92 Å². The van der Waals surface area contributed by atoms with Gasteiger partial charge < -0.3 is 15.4 Å². The van der Waals surface area contributed by atoms with E-state index in [1.165, 1.54) is 25.0 Å². The second-order valence-electron chi connectivity index (χ2n) is 6.94. The maximum Gasteiger partial charge on any atom is 0.161 e. The van der Waals surface area contributed by atoms with Gasteiger partial charge in [-0.05, 0) is 49.3 Å². The van der Waals surface area contributed by atoms with Gasteiger partial charge in [0.25, 0.3) is 0 Å². The third-order valence-corrected chi connectivity index (χ3v) is 6.72. The van der Waals surface area contributed by atoms with Gasteiger partial charge in [0.2, 0.25) is 0 Å². The Bertz CT molecular complexity index is 755. The molecule has 0 spiro atoms. The van der Waals surface area contributed by atoms with E-state index in [1.807, 2.05) is 36.0 Å². The highest BCUT2D eigenvalue weighted by Gasteiger charge is 2.41. The molecule has 26 heavy (non-hydrogen) atoms. The molecule has 1 saturated carbocycles. The highest BCUT2D eigenvalue weighted by molar-refractivity contribution is 8.00. The zero-order valence-electron chi connectivity index (χ0n) is 15.3. The lowest BCUT2D eigenvalue weighted by Gasteiger charge is -2.41. The van der Waals surface area contributed by atoms with E-state index >= 15 is 0 Å². The highest BCUT2D eigenvalue weighted by atomic mass is 32.2. The van der Waals surface area contributed by atoms with Gasteiger partial charge in [0.05, 0.1) is 23.7 Å². The van der Waals surface area contributed by atoms with Gasteiger partial charge in [-0.2, -0.15) is 0 Å². The molecule has 2 N–H and O–H groups in total. The van der Waals surface area contributed by atoms with E-state index in [1.54, 1.807) is 0 Å². The molecule has 0 bridgehead atoms. The summed E-state index contributed by atoms with van der Waals surface area (Å²) in [5.41, 5.74) is 8.81. The minimum Gasteiger partial charge on any atom is -0.399 e. The third kappa shape index (κ3) is 3.40. The van der Waals surface area contributed by atoms with E-state index in [2.05, 4.69) is 17.9 Å². The van der Waals surface area contributed by atoms with E-state index in [4.69, 9.17) is 20.4 Å². The molecule has 1 aliphatic heterocycles. The monoisotopic (exact) mass is 370 g/mol. The number of ether oxygens (including phenoxy) is 1. The van der Waals surface area contributed by atoms with E-state index in [0.717, 1.165) is 54.9 Å². The summed E-state index contributed by atoms with van der Waals surface area (Å²) >= 11 is 2.03. The van der Waals surface area contributed by atoms with Crippen molar-refractivity contribution in [1.29, 1.82) is 0 Å². The quantitative estimate of drug-likeness (QED) is 0.810. The first kappa shape index (κ1) is 17.6. The fourth-order valence-electron chi connectivity index (χ4n) is 3.63. The van der Waals surface area contributed by atoms with Crippen LogP contribution in [0, 0.1) is 0 Å². The maximum absolute atomic E-state index is 5.85. The standard InChI is InChI=1S/C20H26N4OS/c1-2-26-20(8-3-9-20)17-14-18(24-10-12-25-13-11-24)23-19(22-17)15-4-6-16(21)7-5-15/h4-7,14H,2-3,8-13,21H2,1H3. The molecule has 0 radical (unpaired) electrons. The maximum atomic E-state index is 5.85. The summed E-state index contributed by atoms with van der Waals surface area (Å²) in [7, 11) is 0. The fourth-order valence-corrected chi connectivity index (χ4v) is 5.01. The Labute approximate surface area is 159 Å². The summed E-state index contributed by atoms with van der Waals surface area (Å²) in [5.74, 6) is 2.92. The van der Waals surface area contributed by atoms with Crippen LogP contribution in [0.1, 0.15) is 31.9 Å². The Morgan fingerprint density at radius 2 is 1.88 bits per heavy atom. The van der Waals surface area contributed by atoms with E-state index < -0.39 is 0 Å². The largest absolute Gasteiger partial charge is 0.399 e. The van der Waals surface area contributed by atoms with Crippen LogP contribution in [0.2, 0.25) is 0 Å². The molecule has 1 saturated heterocycles. The first-order valence-electron chi connectivity index (χ1n) is 9.42. The van der Waals surface area contributed by atoms with Crippen LogP contribution in [0.25, 0.3) is 11.4 Å². The molecule has 1 aliphatic carbocycles. The smallest absolute Gasteiger partial charge is 0.161 e. The van der Waals surface area contributed by atoms with Gasteiger partial charge in [-0.15, -0.1) is 11.8 Å². The lowest BCUT2D eigenvalue weighted by Crippen LogP contribution is -2.38. The Kier molecular flexibility index (Phi) is 5.05. The van der Waals surface area contributed by atoms with Crippen LogP contribution in [0.15, 0.2) is 30.3 Å². The lowest BCUT2D eigenvalue weighted by atomic mass is 9.81. The van der Waals surface area contributed by atoms with Gasteiger partial charge in [0.15, 0.2) is 5.82 Å². The Hall–Kier alpha value is -1.79.